The number of benzene rings is 1. The molecule has 1 fully saturated rings. The number of thiocarbonyl (C=S) groups is 1. The standard InChI is InChI=1S/C15H12Cl2N2O4S2/c16-9-3-1-2-8(13(9)17)6-10-14(23)19(15(24)25-10)7-11(20)18-5-4-12(21)22/h1-3,6H,4-5,7H2,(H,18,20)(H,21,22)/b10-6-. The topological polar surface area (TPSA) is 86.7 Å². The summed E-state index contributed by atoms with van der Waals surface area (Å²) in [4.78, 5) is 36.2. The Morgan fingerprint density at radius 2 is 2.08 bits per heavy atom. The van der Waals surface area contributed by atoms with Crippen LogP contribution in [0.2, 0.25) is 10.0 Å². The highest BCUT2D eigenvalue weighted by Gasteiger charge is 2.33. The van der Waals surface area contributed by atoms with E-state index in [1.54, 1.807) is 24.3 Å². The minimum absolute atomic E-state index is 0.0169. The molecule has 0 aliphatic carbocycles. The smallest absolute Gasteiger partial charge is 0.305 e. The molecule has 1 aromatic rings. The number of rotatable bonds is 6. The lowest BCUT2D eigenvalue weighted by Gasteiger charge is -2.13. The van der Waals surface area contributed by atoms with E-state index in [2.05, 4.69) is 5.32 Å². The van der Waals surface area contributed by atoms with Gasteiger partial charge in [0.2, 0.25) is 5.91 Å². The van der Waals surface area contributed by atoms with E-state index in [-0.39, 0.29) is 23.8 Å². The quantitative estimate of drug-likeness (QED) is 0.545. The number of halogens is 2. The summed E-state index contributed by atoms with van der Waals surface area (Å²) in [7, 11) is 0. The van der Waals surface area contributed by atoms with Crippen LogP contribution in [0, 0.1) is 0 Å². The maximum atomic E-state index is 12.4. The molecule has 10 heteroatoms. The first kappa shape index (κ1) is 19.7. The maximum Gasteiger partial charge on any atom is 0.305 e. The van der Waals surface area contributed by atoms with Crippen molar-refractivity contribution in [1.29, 1.82) is 0 Å². The summed E-state index contributed by atoms with van der Waals surface area (Å²) in [5.74, 6) is -1.92. The Morgan fingerprint density at radius 1 is 1.36 bits per heavy atom. The average Bonchev–Trinajstić information content (AvgIpc) is 2.79. The molecule has 1 heterocycles. The molecule has 2 rings (SSSR count). The number of hydrogen-bond donors (Lipinski definition) is 2. The van der Waals surface area contributed by atoms with Crippen molar-refractivity contribution in [3.8, 4) is 0 Å². The third-order valence-electron chi connectivity index (χ3n) is 3.10. The van der Waals surface area contributed by atoms with Crippen molar-refractivity contribution in [2.45, 2.75) is 6.42 Å². The number of hydrogen-bond acceptors (Lipinski definition) is 5. The van der Waals surface area contributed by atoms with Crippen molar-refractivity contribution in [3.05, 3.63) is 38.7 Å². The molecular weight excluding hydrogens is 407 g/mol. The number of nitrogens with one attached hydrogen (secondary N) is 1. The fraction of sp³-hybridized carbons (Fsp3) is 0.200. The SMILES string of the molecule is O=C(O)CCNC(=O)CN1C(=O)/C(=C/c2cccc(Cl)c2Cl)SC1=S. The molecule has 0 unspecified atom stereocenters. The first-order valence-electron chi connectivity index (χ1n) is 6.97. The first-order valence-corrected chi connectivity index (χ1v) is 8.95. The van der Waals surface area contributed by atoms with Gasteiger partial charge in [-0.05, 0) is 17.7 Å². The van der Waals surface area contributed by atoms with Gasteiger partial charge in [0.05, 0.1) is 21.4 Å². The Labute approximate surface area is 163 Å². The lowest BCUT2D eigenvalue weighted by Crippen LogP contribution is -2.40. The Kier molecular flexibility index (Phi) is 6.83. The molecule has 0 spiro atoms. The third-order valence-corrected chi connectivity index (χ3v) is 5.32. The molecule has 2 amide bonds. The number of aliphatic carboxylic acids is 1. The fourth-order valence-electron chi connectivity index (χ4n) is 1.92. The molecule has 2 N–H and O–H groups in total. The Bertz CT molecular complexity index is 783. The van der Waals surface area contributed by atoms with Crippen LogP contribution in [0.15, 0.2) is 23.1 Å². The van der Waals surface area contributed by atoms with Crippen LogP contribution in [0.4, 0.5) is 0 Å². The highest BCUT2D eigenvalue weighted by molar-refractivity contribution is 8.26. The summed E-state index contributed by atoms with van der Waals surface area (Å²) < 4.78 is 0.239. The largest absolute Gasteiger partial charge is 0.481 e. The van der Waals surface area contributed by atoms with Gasteiger partial charge in [0.25, 0.3) is 5.91 Å². The van der Waals surface area contributed by atoms with Gasteiger partial charge in [-0.25, -0.2) is 0 Å². The number of carboxylic acid groups (broad SMARTS) is 1. The van der Waals surface area contributed by atoms with Gasteiger partial charge in [-0.2, -0.15) is 0 Å². The van der Waals surface area contributed by atoms with Crippen molar-refractivity contribution >= 4 is 75.4 Å². The van der Waals surface area contributed by atoms with Gasteiger partial charge in [0, 0.05) is 6.54 Å². The van der Waals surface area contributed by atoms with E-state index in [0.29, 0.717) is 20.5 Å². The van der Waals surface area contributed by atoms with Crippen LogP contribution in [0.3, 0.4) is 0 Å². The number of amides is 2. The van der Waals surface area contributed by atoms with Crippen LogP contribution in [0.5, 0.6) is 0 Å². The van der Waals surface area contributed by atoms with E-state index in [0.717, 1.165) is 16.7 Å². The molecule has 1 saturated heterocycles. The molecule has 0 saturated carbocycles. The third kappa shape index (κ3) is 5.18. The van der Waals surface area contributed by atoms with Crippen LogP contribution in [-0.4, -0.2) is 45.2 Å². The zero-order chi connectivity index (χ0) is 18.6. The van der Waals surface area contributed by atoms with Crippen LogP contribution in [-0.2, 0) is 14.4 Å². The van der Waals surface area contributed by atoms with Gasteiger partial charge in [0.15, 0.2) is 0 Å². The van der Waals surface area contributed by atoms with Crippen LogP contribution >= 0.6 is 47.2 Å². The van der Waals surface area contributed by atoms with Gasteiger partial charge in [-0.1, -0.05) is 59.3 Å². The molecule has 1 aromatic carbocycles. The summed E-state index contributed by atoms with van der Waals surface area (Å²) in [5, 5.41) is 11.7. The summed E-state index contributed by atoms with van der Waals surface area (Å²) in [5.41, 5.74) is 0.570. The summed E-state index contributed by atoms with van der Waals surface area (Å²) in [6.45, 7) is -0.290. The molecular formula is C15H12Cl2N2O4S2. The van der Waals surface area contributed by atoms with Crippen molar-refractivity contribution in [2.24, 2.45) is 0 Å². The predicted octanol–water partition coefficient (Wildman–Crippen LogP) is 2.79. The van der Waals surface area contributed by atoms with Gasteiger partial charge in [-0.3, -0.25) is 19.3 Å². The monoisotopic (exact) mass is 418 g/mol. The predicted molar refractivity (Wildman–Crippen MR) is 102 cm³/mol. The second-order valence-corrected chi connectivity index (χ2v) is 7.37. The zero-order valence-corrected chi connectivity index (χ0v) is 15.8. The minimum Gasteiger partial charge on any atom is -0.481 e. The number of thioether (sulfide) groups is 1. The fourth-order valence-corrected chi connectivity index (χ4v) is 3.53. The van der Waals surface area contributed by atoms with Crippen molar-refractivity contribution in [2.75, 3.05) is 13.1 Å². The van der Waals surface area contributed by atoms with Crippen molar-refractivity contribution < 1.29 is 19.5 Å². The Morgan fingerprint density at radius 3 is 2.76 bits per heavy atom. The lowest BCUT2D eigenvalue weighted by molar-refractivity contribution is -0.137. The summed E-state index contributed by atoms with van der Waals surface area (Å²) in [6.07, 6.45) is 1.37. The van der Waals surface area contributed by atoms with Crippen LogP contribution in [0.1, 0.15) is 12.0 Å². The summed E-state index contributed by atoms with van der Waals surface area (Å²) in [6, 6.07) is 5.05. The number of carbonyl (C=O) groups excluding carboxylic acids is 2. The Hall–Kier alpha value is -1.61. The molecule has 0 bridgehead atoms. The first-order chi connectivity index (χ1) is 11.8. The molecule has 1 aliphatic rings. The number of nitrogens with zero attached hydrogens (tertiary/aromatic N) is 1. The van der Waals surface area contributed by atoms with E-state index in [9.17, 15) is 14.4 Å². The Balaban J connectivity index is 2.06. The second-order valence-electron chi connectivity index (χ2n) is 4.90. The van der Waals surface area contributed by atoms with E-state index >= 15 is 0 Å². The molecule has 0 radical (unpaired) electrons. The second kappa shape index (κ2) is 8.66. The highest BCUT2D eigenvalue weighted by atomic mass is 35.5. The van der Waals surface area contributed by atoms with E-state index in [1.807, 2.05) is 0 Å². The molecule has 132 valence electrons. The van der Waals surface area contributed by atoms with E-state index < -0.39 is 17.8 Å². The van der Waals surface area contributed by atoms with Crippen LogP contribution < -0.4 is 5.32 Å². The van der Waals surface area contributed by atoms with Gasteiger partial charge < -0.3 is 10.4 Å². The normalized spacial score (nSPS) is 15.8. The van der Waals surface area contributed by atoms with E-state index in [4.69, 9.17) is 40.5 Å². The molecule has 25 heavy (non-hydrogen) atoms. The van der Waals surface area contributed by atoms with E-state index in [1.165, 1.54) is 0 Å². The highest BCUT2D eigenvalue weighted by Crippen LogP contribution is 2.35. The van der Waals surface area contributed by atoms with Crippen molar-refractivity contribution in [1.82, 2.24) is 10.2 Å². The van der Waals surface area contributed by atoms with Crippen LogP contribution in [0.25, 0.3) is 6.08 Å². The number of carbonyl (C=O) groups is 3. The molecule has 0 atom stereocenters. The lowest BCUT2D eigenvalue weighted by atomic mass is 10.2. The van der Waals surface area contributed by atoms with Gasteiger partial charge in [0.1, 0.15) is 10.9 Å². The molecule has 0 aromatic heterocycles. The zero-order valence-electron chi connectivity index (χ0n) is 12.6. The average molecular weight is 419 g/mol. The summed E-state index contributed by atoms with van der Waals surface area (Å²) >= 11 is 18.2. The molecule has 1 aliphatic heterocycles. The molecule has 6 nitrogen and oxygen atoms in total. The number of carboxylic acids is 1. The van der Waals surface area contributed by atoms with Gasteiger partial charge >= 0.3 is 5.97 Å². The maximum absolute atomic E-state index is 12.4. The minimum atomic E-state index is -1.02. The van der Waals surface area contributed by atoms with Crippen molar-refractivity contribution in [3.63, 3.8) is 0 Å². The van der Waals surface area contributed by atoms with Gasteiger partial charge in [-0.15, -0.1) is 0 Å².